The Morgan fingerprint density at radius 2 is 1.95 bits per heavy atom. The summed E-state index contributed by atoms with van der Waals surface area (Å²) in [5, 5.41) is 3.27. The SMILES string of the molecule is Cc1ccc(C(=O)C(C)(C)N2CCNCC2)cc1F. The van der Waals surface area contributed by atoms with Gasteiger partial charge in [0.25, 0.3) is 0 Å². The van der Waals surface area contributed by atoms with E-state index in [2.05, 4.69) is 10.2 Å². The molecule has 0 saturated carbocycles. The highest BCUT2D eigenvalue weighted by molar-refractivity contribution is 6.02. The minimum atomic E-state index is -0.593. The van der Waals surface area contributed by atoms with Gasteiger partial charge >= 0.3 is 0 Å². The van der Waals surface area contributed by atoms with Crippen molar-refractivity contribution in [2.24, 2.45) is 0 Å². The molecule has 2 rings (SSSR count). The molecule has 1 N–H and O–H groups in total. The summed E-state index contributed by atoms with van der Waals surface area (Å²) in [6.07, 6.45) is 0. The van der Waals surface area contributed by atoms with Crippen LogP contribution in [0.2, 0.25) is 0 Å². The van der Waals surface area contributed by atoms with Gasteiger partial charge in [0.05, 0.1) is 5.54 Å². The second-order valence-electron chi connectivity index (χ2n) is 5.59. The van der Waals surface area contributed by atoms with Crippen molar-refractivity contribution < 1.29 is 9.18 Å². The molecule has 4 heteroatoms. The Balaban J connectivity index is 2.23. The van der Waals surface area contributed by atoms with Crippen molar-refractivity contribution in [3.63, 3.8) is 0 Å². The van der Waals surface area contributed by atoms with Crippen molar-refractivity contribution in [3.8, 4) is 0 Å². The van der Waals surface area contributed by atoms with Gasteiger partial charge in [0.15, 0.2) is 5.78 Å². The number of nitrogens with one attached hydrogen (secondary N) is 1. The number of aryl methyl sites for hydroxylation is 1. The first-order valence-electron chi connectivity index (χ1n) is 6.69. The number of Topliss-reactive ketones (excluding diaryl/α,β-unsaturated/α-hetero) is 1. The topological polar surface area (TPSA) is 32.3 Å². The molecule has 104 valence electrons. The lowest BCUT2D eigenvalue weighted by Crippen LogP contribution is -2.57. The monoisotopic (exact) mass is 264 g/mol. The van der Waals surface area contributed by atoms with Crippen molar-refractivity contribution in [1.29, 1.82) is 0 Å². The summed E-state index contributed by atoms with van der Waals surface area (Å²) < 4.78 is 13.6. The van der Waals surface area contributed by atoms with E-state index in [1.165, 1.54) is 6.07 Å². The van der Waals surface area contributed by atoms with E-state index in [0.717, 1.165) is 26.2 Å². The number of nitrogens with zero attached hydrogens (tertiary/aromatic N) is 1. The molecule has 0 amide bonds. The highest BCUT2D eigenvalue weighted by Gasteiger charge is 2.35. The van der Waals surface area contributed by atoms with E-state index >= 15 is 0 Å². The second kappa shape index (κ2) is 5.39. The van der Waals surface area contributed by atoms with Gasteiger partial charge in [0.1, 0.15) is 5.82 Å². The summed E-state index contributed by atoms with van der Waals surface area (Å²) in [5.74, 6) is -0.338. The minimum absolute atomic E-state index is 0.0201. The Hall–Kier alpha value is -1.26. The van der Waals surface area contributed by atoms with Crippen LogP contribution in [0.4, 0.5) is 4.39 Å². The summed E-state index contributed by atoms with van der Waals surface area (Å²) >= 11 is 0. The summed E-state index contributed by atoms with van der Waals surface area (Å²) in [4.78, 5) is 14.8. The van der Waals surface area contributed by atoms with E-state index in [-0.39, 0.29) is 11.6 Å². The second-order valence-corrected chi connectivity index (χ2v) is 5.59. The molecule has 1 aromatic rings. The van der Waals surface area contributed by atoms with Gasteiger partial charge < -0.3 is 5.32 Å². The molecular formula is C15H21FN2O. The van der Waals surface area contributed by atoms with Crippen molar-refractivity contribution >= 4 is 5.78 Å². The van der Waals surface area contributed by atoms with Gasteiger partial charge in [-0.3, -0.25) is 9.69 Å². The molecule has 0 spiro atoms. The normalized spacial score (nSPS) is 17.5. The van der Waals surface area contributed by atoms with Gasteiger partial charge in [-0.1, -0.05) is 12.1 Å². The highest BCUT2D eigenvalue weighted by atomic mass is 19.1. The van der Waals surface area contributed by atoms with Gasteiger partial charge in [-0.2, -0.15) is 0 Å². The number of halogens is 1. The molecule has 0 unspecified atom stereocenters. The average Bonchev–Trinajstić information content (AvgIpc) is 2.42. The van der Waals surface area contributed by atoms with Crippen LogP contribution in [0.25, 0.3) is 0 Å². The lowest BCUT2D eigenvalue weighted by Gasteiger charge is -2.40. The van der Waals surface area contributed by atoms with E-state index in [4.69, 9.17) is 0 Å². The molecule has 3 nitrogen and oxygen atoms in total. The number of carbonyl (C=O) groups excluding carboxylic acids is 1. The van der Waals surface area contributed by atoms with Crippen molar-refractivity contribution in [2.45, 2.75) is 26.3 Å². The van der Waals surface area contributed by atoms with Gasteiger partial charge in [-0.05, 0) is 32.4 Å². The summed E-state index contributed by atoms with van der Waals surface area (Å²) in [6.45, 7) is 8.99. The summed E-state index contributed by atoms with van der Waals surface area (Å²) in [6, 6.07) is 4.72. The average molecular weight is 264 g/mol. The summed E-state index contributed by atoms with van der Waals surface area (Å²) in [5.41, 5.74) is 0.423. The van der Waals surface area contributed by atoms with Crippen LogP contribution in [0.15, 0.2) is 18.2 Å². The Morgan fingerprint density at radius 3 is 2.53 bits per heavy atom. The molecule has 0 radical (unpaired) electrons. The number of hydrogen-bond donors (Lipinski definition) is 1. The Morgan fingerprint density at radius 1 is 1.32 bits per heavy atom. The lowest BCUT2D eigenvalue weighted by molar-refractivity contribution is 0.0602. The summed E-state index contributed by atoms with van der Waals surface area (Å²) in [7, 11) is 0. The number of benzene rings is 1. The predicted molar refractivity (Wildman–Crippen MR) is 74.0 cm³/mol. The zero-order valence-electron chi connectivity index (χ0n) is 11.8. The van der Waals surface area contributed by atoms with Crippen LogP contribution in [0.3, 0.4) is 0 Å². The Kier molecular flexibility index (Phi) is 4.02. The maximum Gasteiger partial charge on any atom is 0.182 e. The van der Waals surface area contributed by atoms with Crippen LogP contribution >= 0.6 is 0 Å². The third-order valence-electron chi connectivity index (χ3n) is 3.90. The molecule has 19 heavy (non-hydrogen) atoms. The third-order valence-corrected chi connectivity index (χ3v) is 3.90. The lowest BCUT2D eigenvalue weighted by atomic mass is 9.90. The van der Waals surface area contributed by atoms with Gasteiger partial charge in [-0.25, -0.2) is 4.39 Å². The number of carbonyl (C=O) groups is 1. The molecule has 0 bridgehead atoms. The maximum atomic E-state index is 13.6. The molecule has 1 heterocycles. The molecule has 1 saturated heterocycles. The van der Waals surface area contributed by atoms with E-state index in [0.29, 0.717) is 11.1 Å². The Labute approximate surface area is 113 Å². The largest absolute Gasteiger partial charge is 0.314 e. The number of piperazine rings is 1. The van der Waals surface area contributed by atoms with Gasteiger partial charge in [-0.15, -0.1) is 0 Å². The molecule has 0 aromatic heterocycles. The van der Waals surface area contributed by atoms with Crippen LogP contribution in [0.1, 0.15) is 29.8 Å². The van der Waals surface area contributed by atoms with Crippen molar-refractivity contribution in [1.82, 2.24) is 10.2 Å². The zero-order chi connectivity index (χ0) is 14.0. The first-order chi connectivity index (χ1) is 8.93. The first-order valence-corrected chi connectivity index (χ1v) is 6.69. The Bertz CT molecular complexity index is 479. The van der Waals surface area contributed by atoms with Crippen molar-refractivity contribution in [3.05, 3.63) is 35.1 Å². The number of ketones is 1. The molecule has 0 atom stereocenters. The predicted octanol–water partition coefficient (Wildman–Crippen LogP) is 2.00. The highest BCUT2D eigenvalue weighted by Crippen LogP contribution is 2.22. The molecule has 1 aromatic carbocycles. The van der Waals surface area contributed by atoms with Gasteiger partial charge in [0.2, 0.25) is 0 Å². The smallest absolute Gasteiger partial charge is 0.182 e. The molecule has 0 aliphatic carbocycles. The van der Waals surface area contributed by atoms with Crippen LogP contribution in [-0.4, -0.2) is 42.4 Å². The van der Waals surface area contributed by atoms with Gasteiger partial charge in [0, 0.05) is 31.7 Å². The van der Waals surface area contributed by atoms with E-state index in [1.54, 1.807) is 19.1 Å². The van der Waals surface area contributed by atoms with E-state index < -0.39 is 5.54 Å². The molecule has 1 aliphatic rings. The molecule has 1 aliphatic heterocycles. The van der Waals surface area contributed by atoms with Crippen molar-refractivity contribution in [2.75, 3.05) is 26.2 Å². The maximum absolute atomic E-state index is 13.6. The number of rotatable bonds is 3. The molecule has 1 fully saturated rings. The quantitative estimate of drug-likeness (QED) is 0.848. The zero-order valence-corrected chi connectivity index (χ0v) is 11.8. The minimum Gasteiger partial charge on any atom is -0.314 e. The van der Waals surface area contributed by atoms with Crippen LogP contribution in [0, 0.1) is 12.7 Å². The fraction of sp³-hybridized carbons (Fsp3) is 0.533. The fourth-order valence-electron chi connectivity index (χ4n) is 2.45. The third kappa shape index (κ3) is 2.85. The van der Waals surface area contributed by atoms with Crippen LogP contribution < -0.4 is 5.32 Å². The van der Waals surface area contributed by atoms with E-state index in [9.17, 15) is 9.18 Å². The molecular weight excluding hydrogens is 243 g/mol. The van der Waals surface area contributed by atoms with Crippen LogP contribution in [-0.2, 0) is 0 Å². The first kappa shape index (κ1) is 14.2. The number of hydrogen-bond acceptors (Lipinski definition) is 3. The van der Waals surface area contributed by atoms with E-state index in [1.807, 2.05) is 13.8 Å². The fourth-order valence-corrected chi connectivity index (χ4v) is 2.45. The standard InChI is InChI=1S/C15H21FN2O/c1-11-4-5-12(10-13(11)16)14(19)15(2,3)18-8-6-17-7-9-18/h4-5,10,17H,6-9H2,1-3H3. The van der Waals surface area contributed by atoms with Crippen LogP contribution in [0.5, 0.6) is 0 Å².